The van der Waals surface area contributed by atoms with Crippen molar-refractivity contribution in [3.63, 3.8) is 0 Å². The molecule has 0 saturated heterocycles. The quantitative estimate of drug-likeness (QED) is 0.649. The number of halogens is 1. The van der Waals surface area contributed by atoms with Crippen molar-refractivity contribution in [1.29, 1.82) is 0 Å². The minimum atomic E-state index is -0.720. The number of methoxy groups -OCH3 is 1. The highest BCUT2D eigenvalue weighted by molar-refractivity contribution is 5.96. The number of aromatic nitrogens is 1. The van der Waals surface area contributed by atoms with Crippen LogP contribution in [0.3, 0.4) is 0 Å². The number of amides is 1. The van der Waals surface area contributed by atoms with Crippen LogP contribution in [0.1, 0.15) is 30.6 Å². The first kappa shape index (κ1) is 15.1. The average Bonchev–Trinajstić information content (AvgIpc) is 2.37. The van der Waals surface area contributed by atoms with Crippen molar-refractivity contribution in [3.05, 3.63) is 29.8 Å². The molecule has 1 rings (SSSR count). The molecule has 0 bridgehead atoms. The molecule has 6 heteroatoms. The second-order valence-electron chi connectivity index (χ2n) is 4.55. The van der Waals surface area contributed by atoms with Gasteiger partial charge in [0.25, 0.3) is 5.91 Å². The van der Waals surface area contributed by atoms with Crippen LogP contribution >= 0.6 is 0 Å². The molecule has 0 aliphatic carbocycles. The molecule has 0 aliphatic heterocycles. The van der Waals surface area contributed by atoms with E-state index < -0.39 is 23.9 Å². The van der Waals surface area contributed by atoms with E-state index >= 15 is 0 Å². The predicted molar refractivity (Wildman–Crippen MR) is 66.9 cm³/mol. The van der Waals surface area contributed by atoms with E-state index in [4.69, 9.17) is 0 Å². The van der Waals surface area contributed by atoms with Gasteiger partial charge in [-0.1, -0.05) is 13.8 Å². The van der Waals surface area contributed by atoms with Gasteiger partial charge in [0.2, 0.25) is 5.95 Å². The van der Waals surface area contributed by atoms with Crippen LogP contribution in [-0.2, 0) is 9.53 Å². The predicted octanol–water partition coefficient (Wildman–Crippen LogP) is 1.54. The van der Waals surface area contributed by atoms with Gasteiger partial charge in [-0.25, -0.2) is 9.78 Å². The monoisotopic (exact) mass is 268 g/mol. The standard InChI is InChI=1S/C13H17FN2O3/c1-8(2)6-10(13(18)19-3)16-12(17)9-4-5-11(14)15-7-9/h4-5,7-8,10H,6H2,1-3H3,(H,16,17). The molecule has 1 amide bonds. The Morgan fingerprint density at radius 1 is 1.42 bits per heavy atom. The molecule has 0 aromatic carbocycles. The highest BCUT2D eigenvalue weighted by atomic mass is 19.1. The summed E-state index contributed by atoms with van der Waals surface area (Å²) >= 11 is 0. The van der Waals surface area contributed by atoms with E-state index in [0.29, 0.717) is 6.42 Å². The Hall–Kier alpha value is -1.98. The van der Waals surface area contributed by atoms with Crippen LogP contribution < -0.4 is 5.32 Å². The maximum atomic E-state index is 12.7. The van der Waals surface area contributed by atoms with Crippen molar-refractivity contribution in [2.45, 2.75) is 26.3 Å². The maximum Gasteiger partial charge on any atom is 0.328 e. The first-order chi connectivity index (χ1) is 8.93. The van der Waals surface area contributed by atoms with Crippen molar-refractivity contribution in [2.24, 2.45) is 5.92 Å². The first-order valence-electron chi connectivity index (χ1n) is 5.94. The highest BCUT2D eigenvalue weighted by Crippen LogP contribution is 2.08. The summed E-state index contributed by atoms with van der Waals surface area (Å²) in [6.45, 7) is 3.86. The zero-order valence-electron chi connectivity index (χ0n) is 11.1. The lowest BCUT2D eigenvalue weighted by atomic mass is 10.0. The molecule has 0 radical (unpaired) electrons. The van der Waals surface area contributed by atoms with Gasteiger partial charge in [-0.05, 0) is 24.5 Å². The molecule has 19 heavy (non-hydrogen) atoms. The Labute approximate surface area is 111 Å². The SMILES string of the molecule is COC(=O)C(CC(C)C)NC(=O)c1ccc(F)nc1. The van der Waals surface area contributed by atoms with Crippen LogP contribution in [0.25, 0.3) is 0 Å². The lowest BCUT2D eigenvalue weighted by Crippen LogP contribution is -2.42. The molecule has 0 fully saturated rings. The number of pyridine rings is 1. The van der Waals surface area contributed by atoms with Crippen LogP contribution in [0.5, 0.6) is 0 Å². The number of nitrogens with zero attached hydrogens (tertiary/aromatic N) is 1. The fourth-order valence-electron chi connectivity index (χ4n) is 1.58. The minimum Gasteiger partial charge on any atom is -0.467 e. The minimum absolute atomic E-state index is 0.194. The smallest absolute Gasteiger partial charge is 0.328 e. The molecule has 104 valence electrons. The second-order valence-corrected chi connectivity index (χ2v) is 4.55. The Morgan fingerprint density at radius 3 is 2.58 bits per heavy atom. The van der Waals surface area contributed by atoms with E-state index in [-0.39, 0.29) is 11.5 Å². The van der Waals surface area contributed by atoms with Crippen LogP contribution in [0.4, 0.5) is 4.39 Å². The van der Waals surface area contributed by atoms with Gasteiger partial charge >= 0.3 is 5.97 Å². The van der Waals surface area contributed by atoms with E-state index in [0.717, 1.165) is 12.3 Å². The number of hydrogen-bond donors (Lipinski definition) is 1. The van der Waals surface area contributed by atoms with E-state index in [9.17, 15) is 14.0 Å². The summed E-state index contributed by atoms with van der Waals surface area (Å²) in [6, 6.07) is 1.67. The zero-order valence-corrected chi connectivity index (χ0v) is 11.1. The van der Waals surface area contributed by atoms with Crippen LogP contribution in [0.15, 0.2) is 18.3 Å². The van der Waals surface area contributed by atoms with Gasteiger partial charge in [0.05, 0.1) is 12.7 Å². The van der Waals surface area contributed by atoms with Crippen LogP contribution in [-0.4, -0.2) is 30.0 Å². The third kappa shape index (κ3) is 4.65. The fraction of sp³-hybridized carbons (Fsp3) is 0.462. The molecule has 1 unspecified atom stereocenters. The number of rotatable bonds is 5. The number of hydrogen-bond acceptors (Lipinski definition) is 4. The van der Waals surface area contributed by atoms with Crippen molar-refractivity contribution in [1.82, 2.24) is 10.3 Å². The van der Waals surface area contributed by atoms with Crippen molar-refractivity contribution in [2.75, 3.05) is 7.11 Å². The van der Waals surface area contributed by atoms with E-state index in [1.807, 2.05) is 13.8 Å². The highest BCUT2D eigenvalue weighted by Gasteiger charge is 2.23. The van der Waals surface area contributed by atoms with Crippen molar-refractivity contribution < 1.29 is 18.7 Å². The molecule has 1 atom stereocenters. The Bertz CT molecular complexity index is 446. The second kappa shape index (κ2) is 6.82. The number of ether oxygens (including phenoxy) is 1. The van der Waals surface area contributed by atoms with Crippen LogP contribution in [0.2, 0.25) is 0 Å². The number of carbonyl (C=O) groups excluding carboxylic acids is 2. The molecule has 1 aromatic rings. The number of carbonyl (C=O) groups is 2. The number of nitrogens with one attached hydrogen (secondary N) is 1. The summed E-state index contributed by atoms with van der Waals surface area (Å²) in [5.74, 6) is -1.43. The molecular formula is C13H17FN2O3. The van der Waals surface area contributed by atoms with Gasteiger partial charge in [0.1, 0.15) is 6.04 Å². The topological polar surface area (TPSA) is 68.3 Å². The van der Waals surface area contributed by atoms with Gasteiger partial charge in [-0.3, -0.25) is 4.79 Å². The van der Waals surface area contributed by atoms with Gasteiger partial charge in [-0.15, -0.1) is 0 Å². The molecule has 1 aromatic heterocycles. The van der Waals surface area contributed by atoms with Gasteiger partial charge in [0.15, 0.2) is 0 Å². The summed E-state index contributed by atoms with van der Waals surface area (Å²) in [5.41, 5.74) is 0.194. The summed E-state index contributed by atoms with van der Waals surface area (Å²) in [6.07, 6.45) is 1.58. The summed E-state index contributed by atoms with van der Waals surface area (Å²) in [7, 11) is 1.27. The maximum absolute atomic E-state index is 12.7. The third-order valence-corrected chi connectivity index (χ3v) is 2.49. The van der Waals surface area contributed by atoms with E-state index in [1.165, 1.54) is 13.2 Å². The third-order valence-electron chi connectivity index (χ3n) is 2.49. The lowest BCUT2D eigenvalue weighted by molar-refractivity contribution is -0.143. The summed E-state index contributed by atoms with van der Waals surface area (Å²) in [5, 5.41) is 2.56. The molecule has 0 spiro atoms. The largest absolute Gasteiger partial charge is 0.467 e. The molecular weight excluding hydrogens is 251 g/mol. The Kier molecular flexibility index (Phi) is 5.41. The van der Waals surface area contributed by atoms with Gasteiger partial charge in [-0.2, -0.15) is 4.39 Å². The lowest BCUT2D eigenvalue weighted by Gasteiger charge is -2.18. The number of esters is 1. The Balaban J connectivity index is 2.75. The average molecular weight is 268 g/mol. The fourth-order valence-corrected chi connectivity index (χ4v) is 1.58. The molecule has 1 N–H and O–H groups in total. The first-order valence-corrected chi connectivity index (χ1v) is 5.94. The van der Waals surface area contributed by atoms with Crippen molar-refractivity contribution >= 4 is 11.9 Å². The normalized spacial score (nSPS) is 12.1. The van der Waals surface area contributed by atoms with Gasteiger partial charge < -0.3 is 10.1 Å². The zero-order chi connectivity index (χ0) is 14.4. The summed E-state index contributed by atoms with van der Waals surface area (Å²) < 4.78 is 17.3. The van der Waals surface area contributed by atoms with E-state index in [1.54, 1.807) is 0 Å². The molecule has 1 heterocycles. The van der Waals surface area contributed by atoms with Crippen molar-refractivity contribution in [3.8, 4) is 0 Å². The molecule has 5 nitrogen and oxygen atoms in total. The summed E-state index contributed by atoms with van der Waals surface area (Å²) in [4.78, 5) is 26.8. The van der Waals surface area contributed by atoms with Gasteiger partial charge in [0, 0.05) is 6.20 Å². The Morgan fingerprint density at radius 2 is 2.11 bits per heavy atom. The van der Waals surface area contributed by atoms with E-state index in [2.05, 4.69) is 15.0 Å². The molecule has 0 aliphatic rings. The van der Waals surface area contributed by atoms with Crippen LogP contribution in [0, 0.1) is 11.9 Å². The molecule has 0 saturated carbocycles.